The molecule has 0 heterocycles. The molecule has 0 saturated carbocycles. The van der Waals surface area contributed by atoms with Gasteiger partial charge in [0.25, 0.3) is 21.0 Å². The standard InChI is InChI=1S/C24H14Cl4O6/c25-21(29)15-5-16(22(26)30)8-19(7-15)33-11-13-1-2-14(4-3-13)12-34-20-9-17(23(27)31)6-18(10-20)24(28)32/h1-10H,11-12H2. The van der Waals surface area contributed by atoms with Crippen LogP contribution in [0.3, 0.4) is 0 Å². The summed E-state index contributed by atoms with van der Waals surface area (Å²) in [5.41, 5.74) is 1.97. The van der Waals surface area contributed by atoms with Gasteiger partial charge in [0, 0.05) is 22.3 Å². The third kappa shape index (κ3) is 7.05. The molecule has 174 valence electrons. The quantitative estimate of drug-likeness (QED) is 0.278. The zero-order chi connectivity index (χ0) is 24.8. The Morgan fingerprint density at radius 1 is 0.500 bits per heavy atom. The molecule has 3 aromatic carbocycles. The van der Waals surface area contributed by atoms with E-state index in [1.54, 1.807) is 24.3 Å². The lowest BCUT2D eigenvalue weighted by Gasteiger charge is -2.11. The van der Waals surface area contributed by atoms with Gasteiger partial charge in [-0.05, 0) is 93.9 Å². The fraction of sp³-hybridized carbons (Fsp3) is 0.0833. The molecule has 0 aliphatic carbocycles. The first-order chi connectivity index (χ1) is 16.1. The second-order valence-electron chi connectivity index (χ2n) is 6.98. The molecule has 0 bridgehead atoms. The second kappa shape index (κ2) is 11.5. The minimum atomic E-state index is -0.738. The molecule has 0 unspecified atom stereocenters. The monoisotopic (exact) mass is 538 g/mol. The Bertz CT molecular complexity index is 1110. The van der Waals surface area contributed by atoms with Crippen molar-refractivity contribution in [2.24, 2.45) is 0 Å². The summed E-state index contributed by atoms with van der Waals surface area (Å²) in [6, 6.07) is 15.4. The molecule has 0 radical (unpaired) electrons. The highest BCUT2D eigenvalue weighted by atomic mass is 35.5. The summed E-state index contributed by atoms with van der Waals surface area (Å²) in [7, 11) is 0. The van der Waals surface area contributed by atoms with Crippen molar-refractivity contribution in [2.45, 2.75) is 13.2 Å². The summed E-state index contributed by atoms with van der Waals surface area (Å²) < 4.78 is 11.3. The Morgan fingerprint density at radius 3 is 1.00 bits per heavy atom. The van der Waals surface area contributed by atoms with Gasteiger partial charge in [-0.15, -0.1) is 0 Å². The minimum Gasteiger partial charge on any atom is -0.489 e. The summed E-state index contributed by atoms with van der Waals surface area (Å²) in [4.78, 5) is 45.8. The maximum Gasteiger partial charge on any atom is 0.252 e. The van der Waals surface area contributed by atoms with E-state index in [1.165, 1.54) is 36.4 Å². The lowest BCUT2D eigenvalue weighted by molar-refractivity contribution is 0.106. The Balaban J connectivity index is 1.65. The fourth-order valence-electron chi connectivity index (χ4n) is 2.88. The summed E-state index contributed by atoms with van der Waals surface area (Å²) in [5, 5.41) is -2.95. The van der Waals surface area contributed by atoms with Gasteiger partial charge >= 0.3 is 0 Å². The average molecular weight is 540 g/mol. The first-order valence-electron chi connectivity index (χ1n) is 9.55. The van der Waals surface area contributed by atoms with Gasteiger partial charge in [-0.2, -0.15) is 0 Å². The fourth-order valence-corrected chi connectivity index (χ4v) is 3.32. The molecule has 0 aliphatic heterocycles. The van der Waals surface area contributed by atoms with Crippen LogP contribution in [-0.2, 0) is 13.2 Å². The van der Waals surface area contributed by atoms with Gasteiger partial charge < -0.3 is 9.47 Å². The van der Waals surface area contributed by atoms with Crippen LogP contribution < -0.4 is 9.47 Å². The van der Waals surface area contributed by atoms with Gasteiger partial charge in [-0.3, -0.25) is 19.2 Å². The molecule has 3 aromatic rings. The second-order valence-corrected chi connectivity index (χ2v) is 8.35. The third-order valence-corrected chi connectivity index (χ3v) is 5.43. The van der Waals surface area contributed by atoms with E-state index < -0.39 is 21.0 Å². The third-order valence-electron chi connectivity index (χ3n) is 4.55. The smallest absolute Gasteiger partial charge is 0.252 e. The van der Waals surface area contributed by atoms with Crippen LogP contribution in [0.1, 0.15) is 52.6 Å². The molecular weight excluding hydrogens is 526 g/mol. The predicted molar refractivity (Wildman–Crippen MR) is 129 cm³/mol. The molecule has 0 aromatic heterocycles. The number of halogens is 4. The summed E-state index contributed by atoms with van der Waals surface area (Å²) >= 11 is 22.0. The van der Waals surface area contributed by atoms with Gasteiger partial charge in [-0.25, -0.2) is 0 Å². The number of hydrogen-bond acceptors (Lipinski definition) is 6. The van der Waals surface area contributed by atoms with E-state index in [9.17, 15) is 19.2 Å². The highest BCUT2D eigenvalue weighted by Gasteiger charge is 2.13. The molecule has 0 amide bonds. The number of ether oxygens (including phenoxy) is 2. The first kappa shape index (κ1) is 25.7. The topological polar surface area (TPSA) is 86.7 Å². The molecule has 0 saturated heterocycles. The van der Waals surface area contributed by atoms with Crippen molar-refractivity contribution in [3.05, 3.63) is 94.0 Å². The number of carbonyl (C=O) groups excluding carboxylic acids is 4. The van der Waals surface area contributed by atoms with E-state index in [1.807, 2.05) is 0 Å². The van der Waals surface area contributed by atoms with Gasteiger partial charge in [0.2, 0.25) is 0 Å². The normalized spacial score (nSPS) is 10.5. The number of benzene rings is 3. The van der Waals surface area contributed by atoms with E-state index >= 15 is 0 Å². The SMILES string of the molecule is O=C(Cl)c1cc(OCc2ccc(COc3cc(C(=O)Cl)cc(C(=O)Cl)c3)cc2)cc(C(=O)Cl)c1. The zero-order valence-electron chi connectivity index (χ0n) is 17.1. The Labute approximate surface area is 214 Å². The Kier molecular flexibility index (Phi) is 8.69. The molecular formula is C24H14Cl4O6. The largest absolute Gasteiger partial charge is 0.489 e. The molecule has 0 N–H and O–H groups in total. The molecule has 6 nitrogen and oxygen atoms in total. The summed E-state index contributed by atoms with van der Waals surface area (Å²) in [6.07, 6.45) is 0. The molecule has 3 rings (SSSR count). The summed E-state index contributed by atoms with van der Waals surface area (Å²) in [6.45, 7) is 0.302. The van der Waals surface area contributed by atoms with Crippen LogP contribution in [0.15, 0.2) is 60.7 Å². The average Bonchev–Trinajstić information content (AvgIpc) is 2.81. The Morgan fingerprint density at radius 2 is 0.765 bits per heavy atom. The van der Waals surface area contributed by atoms with Crippen LogP contribution >= 0.6 is 46.4 Å². The van der Waals surface area contributed by atoms with Gasteiger partial charge in [-0.1, -0.05) is 24.3 Å². The molecule has 0 spiro atoms. The molecule has 34 heavy (non-hydrogen) atoms. The molecule has 0 atom stereocenters. The van der Waals surface area contributed by atoms with Gasteiger partial charge in [0.15, 0.2) is 0 Å². The predicted octanol–water partition coefficient (Wildman–Crippen LogP) is 6.36. The van der Waals surface area contributed by atoms with Crippen LogP contribution in [0.2, 0.25) is 0 Å². The molecule has 10 heteroatoms. The highest BCUT2D eigenvalue weighted by Crippen LogP contribution is 2.23. The van der Waals surface area contributed by atoms with Gasteiger partial charge in [0.1, 0.15) is 24.7 Å². The van der Waals surface area contributed by atoms with Crippen molar-refractivity contribution in [2.75, 3.05) is 0 Å². The minimum absolute atomic E-state index is 0.0922. The van der Waals surface area contributed by atoms with Crippen LogP contribution in [0, 0.1) is 0 Å². The van der Waals surface area contributed by atoms with Crippen molar-refractivity contribution in [1.29, 1.82) is 0 Å². The van der Waals surface area contributed by atoms with Crippen LogP contribution in [-0.4, -0.2) is 21.0 Å². The van der Waals surface area contributed by atoms with E-state index in [-0.39, 0.29) is 47.0 Å². The van der Waals surface area contributed by atoms with Crippen molar-refractivity contribution in [3.8, 4) is 11.5 Å². The first-order valence-corrected chi connectivity index (χ1v) is 11.1. The lowest BCUT2D eigenvalue weighted by Crippen LogP contribution is -2.02. The zero-order valence-corrected chi connectivity index (χ0v) is 20.2. The Hall–Kier alpha value is -2.90. The van der Waals surface area contributed by atoms with E-state index in [2.05, 4.69) is 0 Å². The van der Waals surface area contributed by atoms with E-state index in [0.717, 1.165) is 11.1 Å². The van der Waals surface area contributed by atoms with Crippen molar-refractivity contribution in [3.63, 3.8) is 0 Å². The van der Waals surface area contributed by atoms with Crippen molar-refractivity contribution >= 4 is 67.4 Å². The molecule has 0 aliphatic rings. The van der Waals surface area contributed by atoms with E-state index in [0.29, 0.717) is 0 Å². The van der Waals surface area contributed by atoms with Crippen LogP contribution in [0.25, 0.3) is 0 Å². The van der Waals surface area contributed by atoms with Crippen LogP contribution in [0.5, 0.6) is 11.5 Å². The van der Waals surface area contributed by atoms with E-state index in [4.69, 9.17) is 55.9 Å². The van der Waals surface area contributed by atoms with Gasteiger partial charge in [0.05, 0.1) is 0 Å². The summed E-state index contributed by atoms with van der Waals surface area (Å²) in [5.74, 6) is 0.530. The van der Waals surface area contributed by atoms with Crippen molar-refractivity contribution < 1.29 is 28.7 Å². The number of rotatable bonds is 10. The maximum atomic E-state index is 11.4. The lowest BCUT2D eigenvalue weighted by atomic mass is 10.1. The highest BCUT2D eigenvalue weighted by molar-refractivity contribution is 6.69. The molecule has 0 fully saturated rings. The van der Waals surface area contributed by atoms with Crippen LogP contribution in [0.4, 0.5) is 0 Å². The van der Waals surface area contributed by atoms with Crippen molar-refractivity contribution in [1.82, 2.24) is 0 Å². The number of carbonyl (C=O) groups is 4. The number of hydrogen-bond donors (Lipinski definition) is 0. The maximum absolute atomic E-state index is 11.4.